The minimum Gasteiger partial charge on any atom is -0.431 e. The SMILES string of the molecule is CCCC/C=C\OC(=O)c1ccccc1. The minimum atomic E-state index is -0.302. The van der Waals surface area contributed by atoms with Gasteiger partial charge in [0.1, 0.15) is 0 Å². The van der Waals surface area contributed by atoms with Crippen LogP contribution in [-0.4, -0.2) is 5.97 Å². The average Bonchev–Trinajstić information content (AvgIpc) is 2.30. The van der Waals surface area contributed by atoms with Gasteiger partial charge in [0.15, 0.2) is 0 Å². The van der Waals surface area contributed by atoms with Gasteiger partial charge < -0.3 is 4.74 Å². The number of rotatable bonds is 5. The Balaban J connectivity index is 2.34. The van der Waals surface area contributed by atoms with Crippen molar-refractivity contribution in [2.24, 2.45) is 0 Å². The topological polar surface area (TPSA) is 26.3 Å². The normalized spacial score (nSPS) is 10.5. The van der Waals surface area contributed by atoms with Crippen molar-refractivity contribution >= 4 is 5.97 Å². The van der Waals surface area contributed by atoms with Gasteiger partial charge in [-0.15, -0.1) is 0 Å². The molecule has 0 aliphatic rings. The second-order valence-electron chi connectivity index (χ2n) is 3.29. The maximum Gasteiger partial charge on any atom is 0.342 e. The quantitative estimate of drug-likeness (QED) is 0.416. The van der Waals surface area contributed by atoms with Crippen molar-refractivity contribution in [3.63, 3.8) is 0 Å². The van der Waals surface area contributed by atoms with Crippen molar-refractivity contribution in [3.8, 4) is 0 Å². The predicted molar refractivity (Wildman–Crippen MR) is 60.5 cm³/mol. The Kier molecular flexibility index (Phi) is 5.23. The minimum absolute atomic E-state index is 0.302. The Morgan fingerprint density at radius 1 is 1.33 bits per heavy atom. The van der Waals surface area contributed by atoms with Gasteiger partial charge in [0, 0.05) is 0 Å². The van der Waals surface area contributed by atoms with Gasteiger partial charge in [-0.25, -0.2) is 4.79 Å². The first kappa shape index (κ1) is 11.5. The van der Waals surface area contributed by atoms with Crippen LogP contribution >= 0.6 is 0 Å². The Bertz CT molecular complexity index is 315. The van der Waals surface area contributed by atoms with E-state index >= 15 is 0 Å². The zero-order valence-electron chi connectivity index (χ0n) is 8.98. The van der Waals surface area contributed by atoms with Crippen molar-refractivity contribution in [3.05, 3.63) is 48.2 Å². The molecule has 0 bridgehead atoms. The lowest BCUT2D eigenvalue weighted by Gasteiger charge is -1.97. The number of benzene rings is 1. The Morgan fingerprint density at radius 3 is 2.73 bits per heavy atom. The summed E-state index contributed by atoms with van der Waals surface area (Å²) in [6.45, 7) is 2.13. The molecule has 0 unspecified atom stereocenters. The molecule has 0 fully saturated rings. The molecule has 2 heteroatoms. The van der Waals surface area contributed by atoms with E-state index in [-0.39, 0.29) is 5.97 Å². The highest BCUT2D eigenvalue weighted by molar-refractivity contribution is 5.89. The van der Waals surface area contributed by atoms with E-state index in [2.05, 4.69) is 6.92 Å². The fourth-order valence-electron chi connectivity index (χ4n) is 1.14. The van der Waals surface area contributed by atoms with Gasteiger partial charge in [0.05, 0.1) is 11.8 Å². The van der Waals surface area contributed by atoms with E-state index in [1.807, 2.05) is 24.3 Å². The number of hydrogen-bond donors (Lipinski definition) is 0. The molecule has 80 valence electrons. The van der Waals surface area contributed by atoms with E-state index < -0.39 is 0 Å². The van der Waals surface area contributed by atoms with E-state index in [1.165, 1.54) is 6.26 Å². The Hall–Kier alpha value is -1.57. The number of hydrogen-bond acceptors (Lipinski definition) is 2. The third kappa shape index (κ3) is 4.45. The van der Waals surface area contributed by atoms with Crippen LogP contribution in [0, 0.1) is 0 Å². The second kappa shape index (κ2) is 6.82. The smallest absolute Gasteiger partial charge is 0.342 e. The number of carbonyl (C=O) groups excluding carboxylic acids is 1. The van der Waals surface area contributed by atoms with Gasteiger partial charge in [0.2, 0.25) is 0 Å². The lowest BCUT2D eigenvalue weighted by molar-refractivity contribution is 0.0662. The number of allylic oxidation sites excluding steroid dienone is 1. The van der Waals surface area contributed by atoms with Crippen LogP contribution in [-0.2, 0) is 4.74 Å². The molecule has 0 N–H and O–H groups in total. The van der Waals surface area contributed by atoms with Crippen molar-refractivity contribution < 1.29 is 9.53 Å². The molecule has 1 aromatic carbocycles. The van der Waals surface area contributed by atoms with Crippen LogP contribution in [0.4, 0.5) is 0 Å². The molecule has 0 saturated carbocycles. The molecule has 15 heavy (non-hydrogen) atoms. The van der Waals surface area contributed by atoms with Gasteiger partial charge in [0.25, 0.3) is 0 Å². The summed E-state index contributed by atoms with van der Waals surface area (Å²) in [5.41, 5.74) is 0.581. The lowest BCUT2D eigenvalue weighted by Crippen LogP contribution is -1.99. The van der Waals surface area contributed by atoms with Crippen molar-refractivity contribution in [1.82, 2.24) is 0 Å². The summed E-state index contributed by atoms with van der Waals surface area (Å²) in [7, 11) is 0. The predicted octanol–water partition coefficient (Wildman–Crippen LogP) is 3.55. The molecule has 1 aromatic rings. The number of unbranched alkanes of at least 4 members (excludes halogenated alkanes) is 2. The molecule has 0 spiro atoms. The summed E-state index contributed by atoms with van der Waals surface area (Å²) in [6, 6.07) is 8.98. The number of esters is 1. The third-order valence-electron chi connectivity index (χ3n) is 2.01. The molecule has 0 aliphatic carbocycles. The zero-order chi connectivity index (χ0) is 10.9. The maximum absolute atomic E-state index is 11.4. The van der Waals surface area contributed by atoms with Gasteiger partial charge in [-0.3, -0.25) is 0 Å². The van der Waals surface area contributed by atoms with E-state index in [0.29, 0.717) is 5.56 Å². The van der Waals surface area contributed by atoms with Crippen LogP contribution in [0.15, 0.2) is 42.7 Å². The first-order chi connectivity index (χ1) is 7.34. The van der Waals surface area contributed by atoms with Crippen LogP contribution < -0.4 is 0 Å². The van der Waals surface area contributed by atoms with Crippen LogP contribution in [0.5, 0.6) is 0 Å². The molecule has 0 atom stereocenters. The van der Waals surface area contributed by atoms with Crippen molar-refractivity contribution in [1.29, 1.82) is 0 Å². The Labute approximate surface area is 90.6 Å². The van der Waals surface area contributed by atoms with Crippen LogP contribution in [0.3, 0.4) is 0 Å². The summed E-state index contributed by atoms with van der Waals surface area (Å²) in [5, 5.41) is 0. The van der Waals surface area contributed by atoms with Crippen LogP contribution in [0.1, 0.15) is 36.5 Å². The summed E-state index contributed by atoms with van der Waals surface area (Å²) in [5.74, 6) is -0.302. The molecule has 0 amide bonds. The average molecular weight is 204 g/mol. The fraction of sp³-hybridized carbons (Fsp3) is 0.308. The van der Waals surface area contributed by atoms with E-state index in [9.17, 15) is 4.79 Å². The van der Waals surface area contributed by atoms with Gasteiger partial charge in [-0.1, -0.05) is 31.5 Å². The molecule has 0 heterocycles. The highest BCUT2D eigenvalue weighted by Gasteiger charge is 2.02. The van der Waals surface area contributed by atoms with E-state index in [0.717, 1.165) is 19.3 Å². The molecule has 1 rings (SSSR count). The zero-order valence-corrected chi connectivity index (χ0v) is 8.98. The van der Waals surface area contributed by atoms with Crippen molar-refractivity contribution in [2.75, 3.05) is 0 Å². The molecule has 2 nitrogen and oxygen atoms in total. The van der Waals surface area contributed by atoms with Crippen LogP contribution in [0.2, 0.25) is 0 Å². The standard InChI is InChI=1S/C13H16O2/c1-2-3-4-8-11-15-13(14)12-9-6-5-7-10-12/h5-11H,2-4H2,1H3/b11-8-. The van der Waals surface area contributed by atoms with Crippen LogP contribution in [0.25, 0.3) is 0 Å². The maximum atomic E-state index is 11.4. The van der Waals surface area contributed by atoms with Gasteiger partial charge in [-0.05, 0) is 31.1 Å². The van der Waals surface area contributed by atoms with Gasteiger partial charge >= 0.3 is 5.97 Å². The van der Waals surface area contributed by atoms with E-state index in [1.54, 1.807) is 12.1 Å². The highest BCUT2D eigenvalue weighted by Crippen LogP contribution is 2.02. The highest BCUT2D eigenvalue weighted by atomic mass is 16.5. The third-order valence-corrected chi connectivity index (χ3v) is 2.01. The molecule has 0 aromatic heterocycles. The first-order valence-electron chi connectivity index (χ1n) is 5.25. The second-order valence-corrected chi connectivity index (χ2v) is 3.29. The summed E-state index contributed by atoms with van der Waals surface area (Å²) < 4.78 is 4.96. The lowest BCUT2D eigenvalue weighted by atomic mass is 10.2. The number of carbonyl (C=O) groups is 1. The summed E-state index contributed by atoms with van der Waals surface area (Å²) >= 11 is 0. The molecule has 0 aliphatic heterocycles. The van der Waals surface area contributed by atoms with Crippen molar-refractivity contribution in [2.45, 2.75) is 26.2 Å². The molecular formula is C13H16O2. The molecule has 0 radical (unpaired) electrons. The Morgan fingerprint density at radius 2 is 2.07 bits per heavy atom. The molecule has 0 saturated heterocycles. The first-order valence-corrected chi connectivity index (χ1v) is 5.25. The monoisotopic (exact) mass is 204 g/mol. The number of ether oxygens (including phenoxy) is 1. The largest absolute Gasteiger partial charge is 0.431 e. The molecular weight excluding hydrogens is 188 g/mol. The summed E-state index contributed by atoms with van der Waals surface area (Å²) in [6.07, 6.45) is 6.59. The summed E-state index contributed by atoms with van der Waals surface area (Å²) in [4.78, 5) is 11.4. The fourth-order valence-corrected chi connectivity index (χ4v) is 1.14. The van der Waals surface area contributed by atoms with E-state index in [4.69, 9.17) is 4.74 Å². The van der Waals surface area contributed by atoms with Gasteiger partial charge in [-0.2, -0.15) is 0 Å².